The summed E-state index contributed by atoms with van der Waals surface area (Å²) in [4.78, 5) is 13.7. The molecule has 0 bridgehead atoms. The average molecular weight is 514 g/mol. The molecule has 4 rings (SSSR count). The maximum absolute atomic E-state index is 13.4. The van der Waals surface area contributed by atoms with Crippen LogP contribution in [0, 0.1) is 5.41 Å². The van der Waals surface area contributed by atoms with Crippen molar-refractivity contribution in [3.8, 4) is 11.5 Å². The van der Waals surface area contributed by atoms with Crippen molar-refractivity contribution in [2.45, 2.75) is 57.4 Å². The Morgan fingerprint density at radius 3 is 2.14 bits per heavy atom. The zero-order chi connectivity index (χ0) is 26.3. The lowest BCUT2D eigenvalue weighted by atomic mass is 9.83. The molecule has 0 unspecified atom stereocenters. The van der Waals surface area contributed by atoms with Gasteiger partial charge in [-0.25, -0.2) is 13.4 Å². The Morgan fingerprint density at radius 1 is 0.972 bits per heavy atom. The van der Waals surface area contributed by atoms with Crippen LogP contribution in [0.1, 0.15) is 57.6 Å². The molecule has 0 saturated carbocycles. The highest BCUT2D eigenvalue weighted by molar-refractivity contribution is 7.89. The Labute approximate surface area is 213 Å². The van der Waals surface area contributed by atoms with E-state index in [1.54, 1.807) is 37.4 Å². The quantitative estimate of drug-likeness (QED) is 0.552. The van der Waals surface area contributed by atoms with Gasteiger partial charge in [-0.1, -0.05) is 26.0 Å². The van der Waals surface area contributed by atoms with Gasteiger partial charge in [0, 0.05) is 18.7 Å². The number of carbonyl (C=O) groups is 1. The van der Waals surface area contributed by atoms with Gasteiger partial charge in [0.1, 0.15) is 0 Å². The van der Waals surface area contributed by atoms with Crippen LogP contribution in [0.5, 0.6) is 11.5 Å². The lowest BCUT2D eigenvalue weighted by molar-refractivity contribution is -0.137. The van der Waals surface area contributed by atoms with E-state index in [2.05, 4.69) is 13.8 Å². The first kappa shape index (κ1) is 26.2. The van der Waals surface area contributed by atoms with Gasteiger partial charge in [0.15, 0.2) is 11.5 Å². The highest BCUT2D eigenvalue weighted by atomic mass is 32.2. The topological polar surface area (TPSA) is 88.5 Å². The van der Waals surface area contributed by atoms with Gasteiger partial charge in [-0.3, -0.25) is 4.79 Å². The molecule has 0 N–H and O–H groups in total. The van der Waals surface area contributed by atoms with Crippen LogP contribution in [-0.2, 0) is 14.8 Å². The number of amides is 1. The molecule has 1 fully saturated rings. The second kappa shape index (κ2) is 9.86. The van der Waals surface area contributed by atoms with Crippen molar-refractivity contribution in [3.05, 3.63) is 53.6 Å². The molecule has 36 heavy (non-hydrogen) atoms. The molecule has 0 spiro atoms. The maximum Gasteiger partial charge on any atom is 0.254 e. The first-order valence-corrected chi connectivity index (χ1v) is 13.7. The molecule has 0 aliphatic carbocycles. The molecular formula is C27H35N3O5S. The summed E-state index contributed by atoms with van der Waals surface area (Å²) < 4.78 is 38.7. The number of benzene rings is 2. The Balaban J connectivity index is 1.51. The second-order valence-electron chi connectivity index (χ2n) is 10.2. The number of piperidine rings is 1. The van der Waals surface area contributed by atoms with E-state index < -0.39 is 15.4 Å². The Morgan fingerprint density at radius 2 is 1.58 bits per heavy atom. The van der Waals surface area contributed by atoms with Crippen molar-refractivity contribution in [1.29, 1.82) is 0 Å². The van der Waals surface area contributed by atoms with E-state index in [1.807, 2.05) is 38.1 Å². The molecule has 0 atom stereocenters. The Bertz CT molecular complexity index is 1260. The maximum atomic E-state index is 13.4. The molecule has 2 aromatic rings. The van der Waals surface area contributed by atoms with Crippen LogP contribution in [0.2, 0.25) is 0 Å². The Kier molecular flexibility index (Phi) is 7.16. The molecule has 0 radical (unpaired) electrons. The minimum Gasteiger partial charge on any atom is -0.493 e. The Hall–Kier alpha value is -2.91. The summed E-state index contributed by atoms with van der Waals surface area (Å²) in [6.07, 6.45) is 1.04. The number of hydrazone groups is 1. The van der Waals surface area contributed by atoms with Crippen LogP contribution in [0.4, 0.5) is 0 Å². The molecule has 9 heteroatoms. The highest BCUT2D eigenvalue weighted by Gasteiger charge is 2.47. The van der Waals surface area contributed by atoms with Crippen molar-refractivity contribution in [2.75, 3.05) is 27.3 Å². The summed E-state index contributed by atoms with van der Waals surface area (Å²) in [6, 6.07) is 12.5. The van der Waals surface area contributed by atoms with Gasteiger partial charge in [-0.2, -0.15) is 9.41 Å². The van der Waals surface area contributed by atoms with Crippen molar-refractivity contribution in [3.63, 3.8) is 0 Å². The summed E-state index contributed by atoms with van der Waals surface area (Å²) >= 11 is 0. The van der Waals surface area contributed by atoms with Gasteiger partial charge in [0.2, 0.25) is 10.0 Å². The van der Waals surface area contributed by atoms with Gasteiger partial charge in [-0.15, -0.1) is 0 Å². The number of hydrogen-bond donors (Lipinski definition) is 0. The molecule has 2 heterocycles. The van der Waals surface area contributed by atoms with Crippen molar-refractivity contribution < 1.29 is 22.7 Å². The number of nitrogens with zero attached hydrogens (tertiary/aromatic N) is 3. The number of methoxy groups -OCH3 is 2. The average Bonchev–Trinajstić information content (AvgIpc) is 3.12. The van der Waals surface area contributed by atoms with E-state index in [0.29, 0.717) is 54.0 Å². The number of carbonyl (C=O) groups excluding carboxylic acids is 1. The smallest absolute Gasteiger partial charge is 0.254 e. The van der Waals surface area contributed by atoms with Gasteiger partial charge in [0.25, 0.3) is 5.91 Å². The first-order chi connectivity index (χ1) is 17.0. The number of ether oxygens (including phenoxy) is 2. The van der Waals surface area contributed by atoms with Crippen LogP contribution < -0.4 is 9.47 Å². The summed E-state index contributed by atoms with van der Waals surface area (Å²) in [6.45, 7) is 8.56. The number of rotatable bonds is 7. The molecule has 0 aromatic heterocycles. The van der Waals surface area contributed by atoms with Gasteiger partial charge in [-0.05, 0) is 68.5 Å². The molecule has 2 aliphatic heterocycles. The van der Waals surface area contributed by atoms with Gasteiger partial charge in [0.05, 0.1) is 36.3 Å². The monoisotopic (exact) mass is 513 g/mol. The molecular weight excluding hydrogens is 478 g/mol. The van der Waals surface area contributed by atoms with Crippen molar-refractivity contribution >= 4 is 21.6 Å². The SMILES string of the molecule is COc1ccc(C2=NN(C3CCN(S(=O)(=O)c4ccc(C(C)C)cc4)CC3)C(=O)C2(C)C)cc1OC. The fourth-order valence-corrected chi connectivity index (χ4v) is 6.29. The number of hydrogen-bond acceptors (Lipinski definition) is 6. The van der Waals surface area contributed by atoms with Gasteiger partial charge >= 0.3 is 0 Å². The minimum absolute atomic E-state index is 0.0853. The molecule has 1 saturated heterocycles. The summed E-state index contributed by atoms with van der Waals surface area (Å²) in [5.74, 6) is 1.43. The van der Waals surface area contributed by atoms with Crippen LogP contribution in [0.3, 0.4) is 0 Å². The van der Waals surface area contributed by atoms with Gasteiger partial charge < -0.3 is 9.47 Å². The largest absolute Gasteiger partial charge is 0.493 e. The lowest BCUT2D eigenvalue weighted by Crippen LogP contribution is -2.47. The fraction of sp³-hybridized carbons (Fsp3) is 0.481. The minimum atomic E-state index is -3.59. The lowest BCUT2D eigenvalue weighted by Gasteiger charge is -2.35. The molecule has 2 aliphatic rings. The third-order valence-electron chi connectivity index (χ3n) is 7.15. The van der Waals surface area contributed by atoms with E-state index in [1.165, 1.54) is 4.31 Å². The second-order valence-corrected chi connectivity index (χ2v) is 12.1. The molecule has 2 aromatic carbocycles. The third-order valence-corrected chi connectivity index (χ3v) is 9.07. The van der Waals surface area contributed by atoms with E-state index in [4.69, 9.17) is 14.6 Å². The summed E-state index contributed by atoms with van der Waals surface area (Å²) in [5, 5.41) is 6.32. The van der Waals surface area contributed by atoms with E-state index in [0.717, 1.165) is 11.1 Å². The predicted molar refractivity (Wildman–Crippen MR) is 139 cm³/mol. The summed E-state index contributed by atoms with van der Waals surface area (Å²) in [7, 11) is -0.440. The van der Waals surface area contributed by atoms with Crippen LogP contribution >= 0.6 is 0 Å². The van der Waals surface area contributed by atoms with Crippen LogP contribution in [-0.4, -0.2) is 62.7 Å². The third kappa shape index (κ3) is 4.62. The van der Waals surface area contributed by atoms with Crippen molar-refractivity contribution in [1.82, 2.24) is 9.31 Å². The van der Waals surface area contributed by atoms with E-state index >= 15 is 0 Å². The van der Waals surface area contributed by atoms with Crippen LogP contribution in [0.15, 0.2) is 52.5 Å². The first-order valence-electron chi connectivity index (χ1n) is 12.3. The highest BCUT2D eigenvalue weighted by Crippen LogP contribution is 2.38. The number of sulfonamides is 1. The zero-order valence-corrected chi connectivity index (χ0v) is 22.6. The van der Waals surface area contributed by atoms with Crippen LogP contribution in [0.25, 0.3) is 0 Å². The molecule has 1 amide bonds. The van der Waals surface area contributed by atoms with E-state index in [-0.39, 0.29) is 11.9 Å². The van der Waals surface area contributed by atoms with E-state index in [9.17, 15) is 13.2 Å². The molecule has 8 nitrogen and oxygen atoms in total. The zero-order valence-electron chi connectivity index (χ0n) is 21.8. The van der Waals surface area contributed by atoms with Crippen molar-refractivity contribution in [2.24, 2.45) is 10.5 Å². The summed E-state index contributed by atoms with van der Waals surface area (Å²) in [5.41, 5.74) is 1.74. The normalized spacial score (nSPS) is 19.0. The predicted octanol–water partition coefficient (Wildman–Crippen LogP) is 4.25. The standard InChI is InChI=1S/C27H35N3O5S/c1-18(2)19-7-10-22(11-8-19)36(32,33)29-15-13-21(14-16-29)30-26(31)27(3,4)25(28-30)20-9-12-23(34-5)24(17-20)35-6/h7-12,17-18,21H,13-16H2,1-6H3. The molecule has 194 valence electrons. The fourth-order valence-electron chi connectivity index (χ4n) is 4.82.